The van der Waals surface area contributed by atoms with Crippen LogP contribution in [0.1, 0.15) is 20.3 Å². The molecule has 0 aromatic heterocycles. The molecule has 104 valence electrons. The lowest BCUT2D eigenvalue weighted by Gasteiger charge is -2.25. The number of rotatable bonds is 4. The van der Waals surface area contributed by atoms with Crippen LogP contribution >= 0.6 is 12.2 Å². The largest absolute Gasteiger partial charge is 0.392 e. The number of carbonyl (C=O) groups is 1. The van der Waals surface area contributed by atoms with Crippen molar-refractivity contribution in [2.75, 3.05) is 5.32 Å². The number of nitrogens with two attached hydrogens (primary N) is 1. The predicted octanol–water partition coefficient (Wildman–Crippen LogP) is 2.74. The molecule has 0 aliphatic rings. The number of halogens is 3. The van der Waals surface area contributed by atoms with Gasteiger partial charge in [-0.3, -0.25) is 4.79 Å². The molecule has 3 nitrogen and oxygen atoms in total. The van der Waals surface area contributed by atoms with Gasteiger partial charge >= 0.3 is 0 Å². The molecule has 1 rings (SSSR count). The van der Waals surface area contributed by atoms with Gasteiger partial charge in [0.2, 0.25) is 5.91 Å². The van der Waals surface area contributed by atoms with Crippen LogP contribution in [0.2, 0.25) is 0 Å². The van der Waals surface area contributed by atoms with Crippen molar-refractivity contribution in [3.8, 4) is 0 Å². The van der Waals surface area contributed by atoms with Crippen molar-refractivity contribution in [3.63, 3.8) is 0 Å². The van der Waals surface area contributed by atoms with Gasteiger partial charge < -0.3 is 11.1 Å². The van der Waals surface area contributed by atoms with Crippen LogP contribution in [0, 0.1) is 22.9 Å². The molecular weight excluding hydrogens is 277 g/mol. The first-order valence-electron chi connectivity index (χ1n) is 5.49. The first-order valence-corrected chi connectivity index (χ1v) is 5.89. The Labute approximate surface area is 114 Å². The molecule has 1 atom stereocenters. The van der Waals surface area contributed by atoms with E-state index in [9.17, 15) is 18.0 Å². The number of thiocarbonyl (C=S) groups is 1. The van der Waals surface area contributed by atoms with E-state index in [2.05, 4.69) is 5.32 Å². The van der Waals surface area contributed by atoms with Crippen molar-refractivity contribution in [3.05, 3.63) is 29.6 Å². The van der Waals surface area contributed by atoms with Gasteiger partial charge in [-0.2, -0.15) is 0 Å². The van der Waals surface area contributed by atoms with Crippen LogP contribution in [-0.2, 0) is 4.79 Å². The number of nitrogens with one attached hydrogen (secondary N) is 1. The van der Waals surface area contributed by atoms with E-state index >= 15 is 0 Å². The summed E-state index contributed by atoms with van der Waals surface area (Å²) in [6.07, 6.45) is 0.291. The minimum atomic E-state index is -1.65. The Hall–Kier alpha value is -1.63. The summed E-state index contributed by atoms with van der Waals surface area (Å²) in [6, 6.07) is 1.65. The Morgan fingerprint density at radius 2 is 1.95 bits per heavy atom. The van der Waals surface area contributed by atoms with Crippen molar-refractivity contribution in [1.82, 2.24) is 0 Å². The van der Waals surface area contributed by atoms with Gasteiger partial charge in [0.25, 0.3) is 0 Å². The maximum absolute atomic E-state index is 13.4. The zero-order chi connectivity index (χ0) is 14.8. The molecule has 1 aromatic rings. The number of benzene rings is 1. The summed E-state index contributed by atoms with van der Waals surface area (Å²) in [5.74, 6) is -5.11. The zero-order valence-electron chi connectivity index (χ0n) is 10.4. The van der Waals surface area contributed by atoms with Crippen LogP contribution in [0.3, 0.4) is 0 Å². The molecule has 0 saturated carbocycles. The Kier molecular flexibility index (Phi) is 4.52. The van der Waals surface area contributed by atoms with Crippen LogP contribution in [0.4, 0.5) is 18.9 Å². The fourth-order valence-electron chi connectivity index (χ4n) is 1.33. The summed E-state index contributed by atoms with van der Waals surface area (Å²) in [5, 5.41) is 2.16. The van der Waals surface area contributed by atoms with Crippen molar-refractivity contribution < 1.29 is 18.0 Å². The maximum atomic E-state index is 13.4. The van der Waals surface area contributed by atoms with Gasteiger partial charge in [0.15, 0.2) is 17.5 Å². The molecular formula is C12H13F3N2OS. The lowest BCUT2D eigenvalue weighted by Crippen LogP contribution is -2.43. The molecule has 19 heavy (non-hydrogen) atoms. The second-order valence-corrected chi connectivity index (χ2v) is 4.67. The highest BCUT2D eigenvalue weighted by Gasteiger charge is 2.35. The SMILES string of the molecule is CCC(C)(C(=O)Nc1ccc(F)c(F)c1F)C(N)=S. The van der Waals surface area contributed by atoms with Crippen molar-refractivity contribution in [1.29, 1.82) is 0 Å². The first-order chi connectivity index (χ1) is 8.74. The van der Waals surface area contributed by atoms with E-state index in [0.29, 0.717) is 6.42 Å². The molecule has 0 radical (unpaired) electrons. The lowest BCUT2D eigenvalue weighted by molar-refractivity contribution is -0.121. The molecule has 7 heteroatoms. The topological polar surface area (TPSA) is 55.1 Å². The summed E-state index contributed by atoms with van der Waals surface area (Å²) >= 11 is 4.79. The Bertz CT molecular complexity index is 536. The van der Waals surface area contributed by atoms with Gasteiger partial charge in [0.1, 0.15) is 0 Å². The Balaban J connectivity index is 3.07. The molecule has 0 aliphatic heterocycles. The molecule has 0 aliphatic carbocycles. The smallest absolute Gasteiger partial charge is 0.237 e. The Morgan fingerprint density at radius 3 is 2.42 bits per heavy atom. The van der Waals surface area contributed by atoms with Gasteiger partial charge in [0.05, 0.1) is 16.1 Å². The first kappa shape index (κ1) is 15.4. The van der Waals surface area contributed by atoms with Crippen LogP contribution in [0.5, 0.6) is 0 Å². The van der Waals surface area contributed by atoms with Gasteiger partial charge in [-0.1, -0.05) is 19.1 Å². The third-order valence-electron chi connectivity index (χ3n) is 3.04. The van der Waals surface area contributed by atoms with Crippen LogP contribution in [-0.4, -0.2) is 10.9 Å². The number of amides is 1. The van der Waals surface area contributed by atoms with E-state index in [0.717, 1.165) is 12.1 Å². The summed E-state index contributed by atoms with van der Waals surface area (Å²) in [6.45, 7) is 3.17. The van der Waals surface area contributed by atoms with Gasteiger partial charge in [-0.15, -0.1) is 0 Å². The third-order valence-corrected chi connectivity index (χ3v) is 3.49. The molecule has 0 bridgehead atoms. The van der Waals surface area contributed by atoms with Crippen molar-refractivity contribution in [2.45, 2.75) is 20.3 Å². The van der Waals surface area contributed by atoms with Crippen molar-refractivity contribution in [2.24, 2.45) is 11.1 Å². The van der Waals surface area contributed by atoms with Crippen LogP contribution in [0.15, 0.2) is 12.1 Å². The van der Waals surface area contributed by atoms with E-state index in [-0.39, 0.29) is 4.99 Å². The molecule has 1 amide bonds. The average molecular weight is 290 g/mol. The number of hydrogen-bond donors (Lipinski definition) is 2. The van der Waals surface area contributed by atoms with E-state index in [1.54, 1.807) is 6.92 Å². The monoisotopic (exact) mass is 290 g/mol. The Morgan fingerprint density at radius 1 is 1.37 bits per heavy atom. The minimum Gasteiger partial charge on any atom is -0.392 e. The summed E-state index contributed by atoms with van der Waals surface area (Å²) in [5.41, 5.74) is 3.82. The molecule has 3 N–H and O–H groups in total. The van der Waals surface area contributed by atoms with Gasteiger partial charge in [-0.05, 0) is 25.5 Å². The van der Waals surface area contributed by atoms with Crippen LogP contribution in [0.25, 0.3) is 0 Å². The second-order valence-electron chi connectivity index (χ2n) is 4.23. The quantitative estimate of drug-likeness (QED) is 0.662. The zero-order valence-corrected chi connectivity index (χ0v) is 11.2. The summed E-state index contributed by atoms with van der Waals surface area (Å²) in [4.78, 5) is 11.9. The molecule has 0 fully saturated rings. The molecule has 0 saturated heterocycles. The lowest BCUT2D eigenvalue weighted by atomic mass is 9.86. The van der Waals surface area contributed by atoms with E-state index in [4.69, 9.17) is 18.0 Å². The van der Waals surface area contributed by atoms with Gasteiger partial charge in [-0.25, -0.2) is 13.2 Å². The van der Waals surface area contributed by atoms with E-state index in [1.165, 1.54) is 6.92 Å². The normalized spacial score (nSPS) is 13.7. The standard InChI is InChI=1S/C12H13F3N2OS/c1-3-12(2,10(16)19)11(18)17-7-5-4-6(13)8(14)9(7)15/h4-5H,3H2,1-2H3,(H2,16,19)(H,17,18). The number of hydrogen-bond acceptors (Lipinski definition) is 2. The van der Waals surface area contributed by atoms with E-state index < -0.39 is 34.5 Å². The van der Waals surface area contributed by atoms with Crippen molar-refractivity contribution >= 4 is 28.8 Å². The molecule has 0 heterocycles. The van der Waals surface area contributed by atoms with Gasteiger partial charge in [0, 0.05) is 0 Å². The third kappa shape index (κ3) is 2.86. The molecule has 1 unspecified atom stereocenters. The minimum absolute atomic E-state index is 0.0597. The number of carbonyl (C=O) groups excluding carboxylic acids is 1. The summed E-state index contributed by atoms with van der Waals surface area (Å²) < 4.78 is 39.2. The number of anilines is 1. The highest BCUT2D eigenvalue weighted by atomic mass is 32.1. The highest BCUT2D eigenvalue weighted by molar-refractivity contribution is 7.80. The summed E-state index contributed by atoms with van der Waals surface area (Å²) in [7, 11) is 0. The highest BCUT2D eigenvalue weighted by Crippen LogP contribution is 2.26. The predicted molar refractivity (Wildman–Crippen MR) is 70.1 cm³/mol. The average Bonchev–Trinajstić information content (AvgIpc) is 2.38. The van der Waals surface area contributed by atoms with Crippen LogP contribution < -0.4 is 11.1 Å². The fraction of sp³-hybridized carbons (Fsp3) is 0.333. The fourth-order valence-corrected chi connectivity index (χ4v) is 1.57. The van der Waals surface area contributed by atoms with E-state index in [1.807, 2.05) is 0 Å². The molecule has 0 spiro atoms. The molecule has 1 aromatic carbocycles. The second kappa shape index (κ2) is 5.56. The maximum Gasteiger partial charge on any atom is 0.237 e.